The van der Waals surface area contributed by atoms with E-state index in [9.17, 15) is 0 Å². The van der Waals surface area contributed by atoms with Crippen LogP contribution < -0.4 is 26.2 Å². The summed E-state index contributed by atoms with van der Waals surface area (Å²) in [6, 6.07) is 74.7. The van der Waals surface area contributed by atoms with E-state index in [1.165, 1.54) is 82.5 Å². The van der Waals surface area contributed by atoms with Gasteiger partial charge in [-0.25, -0.2) is 0 Å². The van der Waals surface area contributed by atoms with E-state index in [0.717, 1.165) is 34.1 Å². The van der Waals surface area contributed by atoms with Crippen LogP contribution in [0.2, 0.25) is 0 Å². The first-order valence-electron chi connectivity index (χ1n) is 23.7. The topological polar surface area (TPSA) is 16.3 Å². The highest BCUT2D eigenvalue weighted by Gasteiger charge is 2.42. The van der Waals surface area contributed by atoms with Crippen LogP contribution >= 0.6 is 0 Å². The standard InChI is InChI=1S/C62H51BN4/c1-61(2,3)40-30-32-54-48(34-40)50-35-41(62(4,5)6)36-52-59(50)66(54)56-28-19-29-57-58(56)63(52)53-39-47(65(44-24-15-9-16-25-44)45-26-17-10-18-27-45)38-51-49-37-46(31-33-55(49)67(57)60(51)53)64(42-20-11-7-12-21-42)43-22-13-8-14-23-43/h7-39H,1-6H3. The smallest absolute Gasteiger partial charge is 0.252 e. The Morgan fingerprint density at radius 2 is 0.761 bits per heavy atom. The summed E-state index contributed by atoms with van der Waals surface area (Å²) in [5, 5.41) is 5.11. The SMILES string of the molecule is CC(C)(C)c1ccc2c(c1)c1cc(C(C)(C)C)cc3c1n2-c1cccc2c1B3c1cc(N(c3ccccc3)c3ccccc3)cc3c4cc(N(c5ccccc5)c5ccccc5)ccc4n-2c13. The van der Waals surface area contributed by atoms with Crippen LogP contribution in [0.25, 0.3) is 55.0 Å². The Balaban J connectivity index is 1.18. The van der Waals surface area contributed by atoms with Gasteiger partial charge in [-0.1, -0.05) is 133 Å². The maximum atomic E-state index is 2.60. The van der Waals surface area contributed by atoms with Gasteiger partial charge in [-0.2, -0.15) is 0 Å². The lowest BCUT2D eigenvalue weighted by atomic mass is 9.34. The highest BCUT2D eigenvalue weighted by Crippen LogP contribution is 2.45. The van der Waals surface area contributed by atoms with Gasteiger partial charge >= 0.3 is 0 Å². The summed E-state index contributed by atoms with van der Waals surface area (Å²) < 4.78 is 5.19. The monoisotopic (exact) mass is 862 g/mol. The molecule has 0 amide bonds. The van der Waals surface area contributed by atoms with Crippen molar-refractivity contribution in [2.24, 2.45) is 0 Å². The van der Waals surface area contributed by atoms with Crippen molar-refractivity contribution < 1.29 is 0 Å². The first-order chi connectivity index (χ1) is 32.5. The van der Waals surface area contributed by atoms with E-state index in [4.69, 9.17) is 0 Å². The number of aromatic nitrogens is 2. The van der Waals surface area contributed by atoms with Gasteiger partial charge in [0, 0.05) is 78.1 Å². The van der Waals surface area contributed by atoms with Gasteiger partial charge in [0.05, 0.1) is 11.0 Å². The van der Waals surface area contributed by atoms with Crippen molar-refractivity contribution in [3.8, 4) is 11.4 Å². The van der Waals surface area contributed by atoms with Crippen molar-refractivity contribution in [3.63, 3.8) is 0 Å². The molecule has 2 aliphatic heterocycles. The molecule has 0 saturated heterocycles. The average molecular weight is 863 g/mol. The highest BCUT2D eigenvalue weighted by molar-refractivity contribution is 7.00. The van der Waals surface area contributed by atoms with Crippen molar-refractivity contribution in [3.05, 3.63) is 211 Å². The van der Waals surface area contributed by atoms with Crippen LogP contribution in [0.1, 0.15) is 52.7 Å². The molecule has 11 aromatic rings. The third-order valence-electron chi connectivity index (χ3n) is 14.5. The predicted octanol–water partition coefficient (Wildman–Crippen LogP) is 14.6. The maximum Gasteiger partial charge on any atom is 0.252 e. The van der Waals surface area contributed by atoms with Gasteiger partial charge in [0.25, 0.3) is 6.71 Å². The lowest BCUT2D eigenvalue weighted by molar-refractivity contribution is 0.590. The van der Waals surface area contributed by atoms with Crippen molar-refractivity contribution in [2.45, 2.75) is 52.4 Å². The van der Waals surface area contributed by atoms with Gasteiger partial charge in [0.15, 0.2) is 0 Å². The number of hydrogen-bond donors (Lipinski definition) is 0. The molecule has 0 fully saturated rings. The summed E-state index contributed by atoms with van der Waals surface area (Å²) in [6.45, 7) is 14.1. The van der Waals surface area contributed by atoms with Crippen molar-refractivity contribution in [2.75, 3.05) is 9.80 Å². The summed E-state index contributed by atoms with van der Waals surface area (Å²) in [4.78, 5) is 4.83. The van der Waals surface area contributed by atoms with Gasteiger partial charge in [0.2, 0.25) is 0 Å². The third kappa shape index (κ3) is 5.93. The fourth-order valence-corrected chi connectivity index (χ4v) is 11.3. The number of para-hydroxylation sites is 4. The molecule has 5 heteroatoms. The molecule has 0 spiro atoms. The third-order valence-corrected chi connectivity index (χ3v) is 14.5. The zero-order valence-corrected chi connectivity index (χ0v) is 38.9. The zero-order chi connectivity index (χ0) is 45.3. The summed E-state index contributed by atoms with van der Waals surface area (Å²) in [7, 11) is 0. The van der Waals surface area contributed by atoms with Gasteiger partial charge < -0.3 is 18.9 Å². The molecule has 0 radical (unpaired) electrons. The summed E-state index contributed by atoms with van der Waals surface area (Å²) in [5.74, 6) is 0. The molecule has 0 bridgehead atoms. The number of fused-ring (bicyclic) bond motifs is 10. The second-order valence-corrected chi connectivity index (χ2v) is 20.7. The largest absolute Gasteiger partial charge is 0.311 e. The van der Waals surface area contributed by atoms with Gasteiger partial charge in [-0.15, -0.1) is 0 Å². The van der Waals surface area contributed by atoms with Crippen molar-refractivity contribution >= 4 is 101 Å². The van der Waals surface area contributed by atoms with Crippen LogP contribution in [-0.4, -0.2) is 15.8 Å². The van der Waals surface area contributed by atoms with Gasteiger partial charge in [0.1, 0.15) is 0 Å². The molecule has 0 saturated carbocycles. The van der Waals surface area contributed by atoms with Gasteiger partial charge in [-0.05, 0) is 148 Å². The molecule has 13 rings (SSSR count). The quantitative estimate of drug-likeness (QED) is 0.155. The molecule has 4 heterocycles. The minimum atomic E-state index is -0.0710. The Labute approximate surface area is 393 Å². The predicted molar refractivity (Wildman–Crippen MR) is 287 cm³/mol. The molecule has 2 aromatic heterocycles. The molecule has 0 atom stereocenters. The summed E-state index contributed by atoms with van der Waals surface area (Å²) in [5.41, 5.74) is 21.0. The van der Waals surface area contributed by atoms with E-state index in [-0.39, 0.29) is 17.5 Å². The molecule has 0 N–H and O–H groups in total. The van der Waals surface area contributed by atoms with Crippen LogP contribution in [0.4, 0.5) is 34.1 Å². The van der Waals surface area contributed by atoms with Gasteiger partial charge in [-0.3, -0.25) is 0 Å². The second-order valence-electron chi connectivity index (χ2n) is 20.7. The number of hydrogen-bond acceptors (Lipinski definition) is 2. The molecule has 9 aromatic carbocycles. The van der Waals surface area contributed by atoms with E-state index in [2.05, 4.69) is 261 Å². The molecule has 4 nitrogen and oxygen atoms in total. The fourth-order valence-electron chi connectivity index (χ4n) is 11.3. The summed E-state index contributed by atoms with van der Waals surface area (Å²) >= 11 is 0. The first kappa shape index (κ1) is 39.6. The van der Waals surface area contributed by atoms with E-state index < -0.39 is 0 Å². The average Bonchev–Trinajstić information content (AvgIpc) is 3.85. The maximum absolute atomic E-state index is 2.60. The van der Waals surface area contributed by atoms with Crippen LogP contribution in [-0.2, 0) is 10.8 Å². The number of anilines is 6. The number of nitrogens with zero attached hydrogens (tertiary/aromatic N) is 4. The number of benzene rings is 9. The highest BCUT2D eigenvalue weighted by atomic mass is 15.2. The van der Waals surface area contributed by atoms with E-state index >= 15 is 0 Å². The molecule has 67 heavy (non-hydrogen) atoms. The Hall–Kier alpha value is -7.76. The Morgan fingerprint density at radius 1 is 0.343 bits per heavy atom. The molecule has 322 valence electrons. The van der Waals surface area contributed by atoms with E-state index in [0.29, 0.717) is 0 Å². The lowest BCUT2D eigenvalue weighted by Gasteiger charge is -2.35. The zero-order valence-electron chi connectivity index (χ0n) is 38.9. The fraction of sp³-hybridized carbons (Fsp3) is 0.129. The lowest BCUT2D eigenvalue weighted by Crippen LogP contribution is -2.59. The van der Waals surface area contributed by atoms with Crippen LogP contribution in [0.15, 0.2) is 200 Å². The summed E-state index contributed by atoms with van der Waals surface area (Å²) in [6.07, 6.45) is 0. The van der Waals surface area contributed by atoms with Crippen molar-refractivity contribution in [1.29, 1.82) is 0 Å². The van der Waals surface area contributed by atoms with Crippen LogP contribution in [0, 0.1) is 0 Å². The van der Waals surface area contributed by atoms with Crippen LogP contribution in [0.3, 0.4) is 0 Å². The molecular formula is C62H51BN4. The Kier molecular flexibility index (Phi) is 8.49. The minimum Gasteiger partial charge on any atom is -0.311 e. The Bertz CT molecular complexity index is 3680. The van der Waals surface area contributed by atoms with Crippen LogP contribution in [0.5, 0.6) is 0 Å². The normalized spacial score (nSPS) is 12.9. The van der Waals surface area contributed by atoms with Crippen molar-refractivity contribution in [1.82, 2.24) is 9.13 Å². The van der Waals surface area contributed by atoms with E-state index in [1.54, 1.807) is 0 Å². The molecule has 0 aliphatic carbocycles. The number of rotatable bonds is 6. The first-order valence-corrected chi connectivity index (χ1v) is 23.7. The second kappa shape index (κ2) is 14.4. The molecule has 0 unspecified atom stereocenters. The van der Waals surface area contributed by atoms with E-state index in [1.807, 2.05) is 0 Å². The molecule has 2 aliphatic rings. The molecular weight excluding hydrogens is 812 g/mol. The Morgan fingerprint density at radius 3 is 1.27 bits per heavy atom. The minimum absolute atomic E-state index is 0.0168.